The molecule has 0 heterocycles. The molecule has 164 valence electrons. The van der Waals surface area contributed by atoms with E-state index < -0.39 is 20.8 Å². The van der Waals surface area contributed by atoms with E-state index in [2.05, 4.69) is 24.2 Å². The van der Waals surface area contributed by atoms with Crippen LogP contribution in [-0.4, -0.2) is 54.1 Å². The number of guanidine groups is 1. The van der Waals surface area contributed by atoms with E-state index in [0.29, 0.717) is 12.5 Å². The monoisotopic (exact) mass is 464 g/mol. The molecule has 1 rings (SSSR count). The fourth-order valence-electron chi connectivity index (χ4n) is 1.61. The van der Waals surface area contributed by atoms with Gasteiger partial charge in [0.05, 0.1) is 12.6 Å². The fourth-order valence-corrected chi connectivity index (χ4v) is 1.87. The van der Waals surface area contributed by atoms with Crippen LogP contribution in [0.25, 0.3) is 0 Å². The van der Waals surface area contributed by atoms with Crippen LogP contribution in [-0.2, 0) is 20.8 Å². The molecule has 0 saturated carbocycles. The van der Waals surface area contributed by atoms with E-state index in [1.165, 1.54) is 0 Å². The van der Waals surface area contributed by atoms with E-state index in [4.69, 9.17) is 58.1 Å². The van der Waals surface area contributed by atoms with Gasteiger partial charge in [0, 0.05) is 5.02 Å². The van der Waals surface area contributed by atoms with Crippen LogP contribution in [0.3, 0.4) is 0 Å². The second kappa shape index (κ2) is 13.6. The predicted molar refractivity (Wildman–Crippen MR) is 106 cm³/mol. The molecule has 28 heavy (non-hydrogen) atoms. The summed E-state index contributed by atoms with van der Waals surface area (Å²) < 4.78 is 63.2. The van der Waals surface area contributed by atoms with Gasteiger partial charge in [0.2, 0.25) is 0 Å². The predicted octanol–water partition coefficient (Wildman–Crippen LogP) is 0.595. The minimum absolute atomic E-state index is 0.0307. The van der Waals surface area contributed by atoms with Gasteiger partial charge in [0.25, 0.3) is 0 Å². The molecule has 0 aliphatic heterocycles. The minimum Gasteiger partial charge on any atom is -0.370 e. The van der Waals surface area contributed by atoms with Gasteiger partial charge < -0.3 is 16.8 Å². The van der Waals surface area contributed by atoms with Crippen molar-refractivity contribution in [1.82, 2.24) is 5.32 Å². The Kier molecular flexibility index (Phi) is 14.0. The smallest absolute Gasteiger partial charge is 0.370 e. The summed E-state index contributed by atoms with van der Waals surface area (Å²) in [6.07, 6.45) is 0. The molecule has 0 fully saturated rings. The number of nitrogens with zero attached hydrogens (tertiary/aromatic N) is 1. The van der Waals surface area contributed by atoms with Crippen LogP contribution >= 0.6 is 11.6 Å². The van der Waals surface area contributed by atoms with Gasteiger partial charge in [-0.15, -0.1) is 0 Å². The fraction of sp³-hybridized carbons (Fsp3) is 0.462. The molecule has 1 unspecified atom stereocenters. The lowest BCUT2D eigenvalue weighted by atomic mass is 10.1. The Morgan fingerprint density at radius 2 is 1.50 bits per heavy atom. The Bertz CT molecular complexity index is 766. The average molecular weight is 465 g/mol. The Balaban J connectivity index is 0. The van der Waals surface area contributed by atoms with Crippen molar-refractivity contribution in [3.8, 4) is 0 Å². The van der Waals surface area contributed by atoms with E-state index in [-0.39, 0.29) is 12.0 Å². The molecule has 1 atom stereocenters. The third-order valence-corrected chi connectivity index (χ3v) is 2.85. The molecule has 12 nitrogen and oxygen atoms in total. The maximum Gasteiger partial charge on any atom is 0.394 e. The number of benzene rings is 1. The largest absolute Gasteiger partial charge is 0.394 e. The Morgan fingerprint density at radius 1 is 1.07 bits per heavy atom. The van der Waals surface area contributed by atoms with E-state index in [0.717, 1.165) is 17.1 Å². The van der Waals surface area contributed by atoms with Crippen molar-refractivity contribution in [2.45, 2.75) is 19.9 Å². The van der Waals surface area contributed by atoms with Crippen molar-refractivity contribution in [2.75, 3.05) is 13.1 Å². The third kappa shape index (κ3) is 24.5. The van der Waals surface area contributed by atoms with Crippen LogP contribution in [0, 0.1) is 5.92 Å². The Morgan fingerprint density at radius 3 is 1.86 bits per heavy atom. The molecule has 0 spiro atoms. The molecule has 1 aromatic carbocycles. The zero-order valence-corrected chi connectivity index (χ0v) is 17.5. The van der Waals surface area contributed by atoms with E-state index in [9.17, 15) is 0 Å². The molecule has 15 heteroatoms. The van der Waals surface area contributed by atoms with Gasteiger partial charge in [-0.2, -0.15) is 16.8 Å². The summed E-state index contributed by atoms with van der Waals surface area (Å²) in [6, 6.07) is 7.76. The van der Waals surface area contributed by atoms with Gasteiger partial charge in [-0.3, -0.25) is 23.2 Å². The van der Waals surface area contributed by atoms with Crippen molar-refractivity contribution < 1.29 is 35.0 Å². The SMILES string of the molecule is CC(C)CNC(CN=C(N)N)c1ccccc1Cl.O=S(=O)(O)O.O=S(=O)(O)O. The van der Waals surface area contributed by atoms with Crippen molar-refractivity contribution in [3.05, 3.63) is 34.9 Å². The van der Waals surface area contributed by atoms with Crippen LogP contribution in [0.4, 0.5) is 0 Å². The number of halogens is 1. The van der Waals surface area contributed by atoms with Crippen molar-refractivity contribution >= 4 is 38.4 Å². The molecule has 0 amide bonds. The minimum atomic E-state index is -4.67. The molecular weight excluding hydrogens is 440 g/mol. The number of nitrogens with two attached hydrogens (primary N) is 2. The quantitative estimate of drug-likeness (QED) is 0.175. The summed E-state index contributed by atoms with van der Waals surface area (Å²) in [4.78, 5) is 4.07. The van der Waals surface area contributed by atoms with Crippen LogP contribution < -0.4 is 16.8 Å². The van der Waals surface area contributed by atoms with Gasteiger partial charge in [-0.25, -0.2) is 0 Å². The van der Waals surface area contributed by atoms with E-state index in [1.807, 2.05) is 24.3 Å². The molecule has 0 aromatic heterocycles. The lowest BCUT2D eigenvalue weighted by Crippen LogP contribution is -2.30. The number of hydrogen-bond donors (Lipinski definition) is 7. The van der Waals surface area contributed by atoms with Crippen LogP contribution in [0.15, 0.2) is 29.3 Å². The molecule has 1 aromatic rings. The molecule has 0 aliphatic rings. The molecular formula is C13H25ClN4O8S2. The number of rotatable bonds is 6. The van der Waals surface area contributed by atoms with Crippen LogP contribution in [0.2, 0.25) is 5.02 Å². The van der Waals surface area contributed by atoms with Gasteiger partial charge in [0.1, 0.15) is 0 Å². The highest BCUT2D eigenvalue weighted by molar-refractivity contribution is 7.80. The van der Waals surface area contributed by atoms with Gasteiger partial charge in [0.15, 0.2) is 5.96 Å². The average Bonchev–Trinajstić information content (AvgIpc) is 2.44. The van der Waals surface area contributed by atoms with Crippen LogP contribution in [0.5, 0.6) is 0 Å². The molecule has 0 aliphatic carbocycles. The third-order valence-electron chi connectivity index (χ3n) is 2.51. The highest BCUT2D eigenvalue weighted by Crippen LogP contribution is 2.23. The lowest BCUT2D eigenvalue weighted by Gasteiger charge is -2.20. The zero-order valence-electron chi connectivity index (χ0n) is 15.1. The first-order valence-corrected chi connectivity index (χ1v) is 10.6. The number of nitrogens with one attached hydrogen (secondary N) is 1. The first kappa shape index (κ1) is 28.7. The van der Waals surface area contributed by atoms with Gasteiger partial charge in [-0.1, -0.05) is 43.6 Å². The first-order valence-electron chi connectivity index (χ1n) is 7.43. The molecule has 9 N–H and O–H groups in total. The van der Waals surface area contributed by atoms with E-state index >= 15 is 0 Å². The molecule has 0 saturated heterocycles. The normalized spacial score (nSPS) is 12.1. The van der Waals surface area contributed by atoms with Gasteiger partial charge in [-0.05, 0) is 24.1 Å². The Labute approximate surface area is 169 Å². The molecule has 0 bridgehead atoms. The highest BCUT2D eigenvalue weighted by Gasteiger charge is 2.14. The number of hydrogen-bond acceptors (Lipinski definition) is 6. The summed E-state index contributed by atoms with van der Waals surface area (Å²) in [5.74, 6) is 0.646. The second-order valence-electron chi connectivity index (χ2n) is 5.54. The van der Waals surface area contributed by atoms with Crippen molar-refractivity contribution in [2.24, 2.45) is 22.4 Å². The second-order valence-corrected chi connectivity index (χ2v) is 7.74. The summed E-state index contributed by atoms with van der Waals surface area (Å²) in [5, 5.41) is 4.16. The van der Waals surface area contributed by atoms with E-state index in [1.54, 1.807) is 0 Å². The standard InChI is InChI=1S/C13H21ClN4.2H2O4S/c1-9(2)7-17-12(8-18-13(15)16)10-5-3-4-6-11(10)14;2*1-5(2,3)4/h3-6,9,12,17H,7-8H2,1-2H3,(H4,15,16,18);2*(H2,1,2,3,4). The van der Waals surface area contributed by atoms with Crippen LogP contribution in [0.1, 0.15) is 25.5 Å². The molecule has 0 radical (unpaired) electrons. The van der Waals surface area contributed by atoms with Crippen molar-refractivity contribution in [1.29, 1.82) is 0 Å². The summed E-state index contributed by atoms with van der Waals surface area (Å²) in [5.41, 5.74) is 11.8. The lowest BCUT2D eigenvalue weighted by molar-refractivity contribution is 0.378. The van der Waals surface area contributed by atoms with Crippen molar-refractivity contribution in [3.63, 3.8) is 0 Å². The topological polar surface area (TPSA) is 226 Å². The Hall–Kier alpha value is -1.52. The summed E-state index contributed by atoms with van der Waals surface area (Å²) >= 11 is 6.20. The first-order chi connectivity index (χ1) is 12.5. The number of aliphatic imine (C=N–C) groups is 1. The maximum absolute atomic E-state index is 8.74. The summed E-state index contributed by atoms with van der Waals surface area (Å²) in [7, 11) is -9.33. The maximum atomic E-state index is 8.74. The summed E-state index contributed by atoms with van der Waals surface area (Å²) in [6.45, 7) is 5.67. The van der Waals surface area contributed by atoms with Gasteiger partial charge >= 0.3 is 20.8 Å². The highest BCUT2D eigenvalue weighted by atomic mass is 35.5. The zero-order chi connectivity index (χ0) is 22.5.